The van der Waals surface area contributed by atoms with Crippen molar-refractivity contribution in [3.8, 4) is 0 Å². The van der Waals surface area contributed by atoms with Gasteiger partial charge in [0.1, 0.15) is 0 Å². The molecule has 7 heteroatoms. The van der Waals surface area contributed by atoms with Crippen molar-refractivity contribution in [2.45, 2.75) is 0 Å². The van der Waals surface area contributed by atoms with Gasteiger partial charge in [0.05, 0.1) is 5.75 Å². The second-order valence-electron chi connectivity index (χ2n) is 1.40. The summed E-state index contributed by atoms with van der Waals surface area (Å²) in [5.41, 5.74) is 0. The molecule has 0 bridgehead atoms. The minimum absolute atomic E-state index is 0. The molecule has 1 rings (SSSR count). The van der Waals surface area contributed by atoms with Gasteiger partial charge in [-0.1, -0.05) is 0 Å². The fraction of sp³-hybridized carbons (Fsp3) is 0.750. The summed E-state index contributed by atoms with van der Waals surface area (Å²) in [6.45, 7) is 0.851. The lowest BCUT2D eigenvalue weighted by atomic mass is 10.6. The van der Waals surface area contributed by atoms with Gasteiger partial charge in [0.15, 0.2) is 0 Å². The van der Waals surface area contributed by atoms with Gasteiger partial charge in [0.25, 0.3) is 0 Å². The van der Waals surface area contributed by atoms with Gasteiger partial charge < -0.3 is 21.7 Å². The van der Waals surface area contributed by atoms with E-state index in [-0.39, 0.29) is 34.7 Å². The lowest BCUT2D eigenvalue weighted by Crippen LogP contribution is -2.31. The fourth-order valence-electron chi connectivity index (χ4n) is 0.479. The molecule has 5 nitrogen and oxygen atoms in total. The van der Waals surface area contributed by atoms with Crippen LogP contribution >= 0.6 is 24.2 Å². The minimum Gasteiger partial charge on any atom is -0.412 e. The third-order valence-electron chi connectivity index (χ3n) is 0.802. The zero-order valence-electron chi connectivity index (χ0n) is 5.85. The molecule has 1 aliphatic heterocycles. The molecule has 1 aliphatic rings. The maximum absolute atomic E-state index is 10.3. The van der Waals surface area contributed by atoms with E-state index in [1.54, 1.807) is 11.8 Å². The molecule has 0 radical (unpaired) electrons. The summed E-state index contributed by atoms with van der Waals surface area (Å²) in [6, 6.07) is 0. The zero-order valence-corrected chi connectivity index (χ0v) is 7.48. The van der Waals surface area contributed by atoms with E-state index in [0.717, 1.165) is 12.3 Å². The quantitative estimate of drug-likeness (QED) is 0.484. The molecule has 11 heavy (non-hydrogen) atoms. The van der Waals surface area contributed by atoms with Crippen molar-refractivity contribution in [1.29, 1.82) is 0 Å². The predicted molar refractivity (Wildman–Crippen MR) is 48.4 cm³/mol. The monoisotopic (exact) mass is 207 g/mol. The maximum atomic E-state index is 10.3. The van der Waals surface area contributed by atoms with E-state index in [2.05, 4.69) is 5.32 Å². The van der Waals surface area contributed by atoms with Crippen molar-refractivity contribution in [2.75, 3.05) is 18.1 Å². The highest BCUT2D eigenvalue weighted by Crippen LogP contribution is 2.00. The molecular formula is C4H14ClNO4S. The second-order valence-corrected chi connectivity index (χ2v) is 2.51. The first kappa shape index (κ1) is 22.4. The summed E-state index contributed by atoms with van der Waals surface area (Å²) < 4.78 is 0. The van der Waals surface area contributed by atoms with Crippen LogP contribution in [0.1, 0.15) is 0 Å². The Labute approximate surface area is 75.3 Å². The number of nitrogens with one attached hydrogen (secondary N) is 1. The van der Waals surface area contributed by atoms with Gasteiger partial charge in [-0.25, -0.2) is 0 Å². The first-order valence-corrected chi connectivity index (χ1v) is 3.39. The zero-order chi connectivity index (χ0) is 5.11. The van der Waals surface area contributed by atoms with E-state index in [1.165, 1.54) is 0 Å². The molecule has 0 aromatic rings. The Morgan fingerprint density at radius 2 is 1.82 bits per heavy atom. The lowest BCUT2D eigenvalue weighted by molar-refractivity contribution is -0.118. The van der Waals surface area contributed by atoms with E-state index in [9.17, 15) is 4.79 Å². The van der Waals surface area contributed by atoms with Crippen LogP contribution in [-0.2, 0) is 4.79 Å². The van der Waals surface area contributed by atoms with E-state index in [0.29, 0.717) is 5.75 Å². The second kappa shape index (κ2) is 12.6. The number of hydrogen-bond acceptors (Lipinski definition) is 2. The normalized spacial score (nSPS) is 13.6. The Kier molecular flexibility index (Phi) is 25.8. The van der Waals surface area contributed by atoms with Gasteiger partial charge in [-0.15, -0.1) is 12.4 Å². The topological polar surface area (TPSA) is 124 Å². The van der Waals surface area contributed by atoms with E-state index >= 15 is 0 Å². The van der Waals surface area contributed by atoms with Crippen LogP contribution in [-0.4, -0.2) is 40.4 Å². The molecular weight excluding hydrogens is 194 g/mol. The molecule has 0 aromatic carbocycles. The van der Waals surface area contributed by atoms with Crippen molar-refractivity contribution in [1.82, 2.24) is 5.32 Å². The molecule has 0 atom stereocenters. The number of thioether (sulfide) groups is 1. The van der Waals surface area contributed by atoms with Crippen LogP contribution in [0.4, 0.5) is 0 Å². The van der Waals surface area contributed by atoms with Gasteiger partial charge in [0.2, 0.25) is 5.91 Å². The molecule has 0 unspecified atom stereocenters. The van der Waals surface area contributed by atoms with Gasteiger partial charge in [0, 0.05) is 12.3 Å². The summed E-state index contributed by atoms with van der Waals surface area (Å²) in [5, 5.41) is 2.72. The van der Waals surface area contributed by atoms with Crippen molar-refractivity contribution < 1.29 is 21.2 Å². The third-order valence-corrected chi connectivity index (χ3v) is 1.76. The third kappa shape index (κ3) is 9.99. The molecule has 1 amide bonds. The summed E-state index contributed by atoms with van der Waals surface area (Å²) in [5.74, 6) is 1.91. The lowest BCUT2D eigenvalue weighted by Gasteiger charge is -2.08. The van der Waals surface area contributed by atoms with Crippen LogP contribution in [0.2, 0.25) is 0 Å². The number of rotatable bonds is 0. The van der Waals surface area contributed by atoms with E-state index < -0.39 is 0 Å². The largest absolute Gasteiger partial charge is 0.412 e. The summed E-state index contributed by atoms with van der Waals surface area (Å²) in [7, 11) is 0. The Hall–Kier alpha value is -0.0100. The summed E-state index contributed by atoms with van der Waals surface area (Å²) >= 11 is 1.69. The summed E-state index contributed by atoms with van der Waals surface area (Å²) in [6.07, 6.45) is 0. The molecule has 72 valence electrons. The van der Waals surface area contributed by atoms with Gasteiger partial charge in [-0.2, -0.15) is 11.8 Å². The van der Waals surface area contributed by atoms with Gasteiger partial charge in [-0.05, 0) is 0 Å². The fourth-order valence-corrected chi connectivity index (χ4v) is 1.16. The number of hydrogen-bond donors (Lipinski definition) is 1. The Morgan fingerprint density at radius 1 is 1.27 bits per heavy atom. The SMILES string of the molecule is Cl.O.O.O.O=C1CSCCN1. The van der Waals surface area contributed by atoms with Crippen molar-refractivity contribution in [2.24, 2.45) is 0 Å². The van der Waals surface area contributed by atoms with E-state index in [1.807, 2.05) is 0 Å². The molecule has 0 spiro atoms. The van der Waals surface area contributed by atoms with Crippen LogP contribution in [0.5, 0.6) is 0 Å². The van der Waals surface area contributed by atoms with Crippen molar-refractivity contribution >= 4 is 30.1 Å². The number of carbonyl (C=O) groups excluding carboxylic acids is 1. The van der Waals surface area contributed by atoms with Crippen LogP contribution in [0.25, 0.3) is 0 Å². The molecule has 0 aromatic heterocycles. The maximum Gasteiger partial charge on any atom is 0.230 e. The highest BCUT2D eigenvalue weighted by atomic mass is 35.5. The molecule has 1 fully saturated rings. The van der Waals surface area contributed by atoms with Crippen LogP contribution < -0.4 is 5.32 Å². The predicted octanol–water partition coefficient (Wildman–Crippen LogP) is -2.20. The average molecular weight is 208 g/mol. The molecule has 0 saturated carbocycles. The average Bonchev–Trinajstić information content (AvgIpc) is 1.69. The molecule has 1 heterocycles. The smallest absolute Gasteiger partial charge is 0.230 e. The summed E-state index contributed by atoms with van der Waals surface area (Å²) in [4.78, 5) is 10.3. The Bertz CT molecular complexity index is 86.2. The first-order chi connectivity index (χ1) is 3.39. The van der Waals surface area contributed by atoms with Crippen molar-refractivity contribution in [3.63, 3.8) is 0 Å². The minimum atomic E-state index is 0. The van der Waals surface area contributed by atoms with E-state index in [4.69, 9.17) is 0 Å². The Balaban J connectivity index is -0.0000000612. The first-order valence-electron chi connectivity index (χ1n) is 2.24. The highest BCUT2D eigenvalue weighted by Gasteiger charge is 2.04. The Morgan fingerprint density at radius 3 is 2.00 bits per heavy atom. The van der Waals surface area contributed by atoms with Gasteiger partial charge in [-0.3, -0.25) is 4.79 Å². The highest BCUT2D eigenvalue weighted by molar-refractivity contribution is 8.00. The number of halogens is 1. The molecule has 7 N–H and O–H groups in total. The standard InChI is InChI=1S/C4H7NOS.ClH.3H2O/c6-4-3-7-2-1-5-4;;;;/h1-3H2,(H,5,6);1H;3*1H2. The van der Waals surface area contributed by atoms with Crippen molar-refractivity contribution in [3.05, 3.63) is 0 Å². The van der Waals surface area contributed by atoms with Gasteiger partial charge >= 0.3 is 0 Å². The van der Waals surface area contributed by atoms with Crippen LogP contribution in [0, 0.1) is 0 Å². The number of amides is 1. The van der Waals surface area contributed by atoms with Crippen LogP contribution in [0.3, 0.4) is 0 Å². The number of carbonyl (C=O) groups is 1. The molecule has 0 aliphatic carbocycles. The molecule has 1 saturated heterocycles. The van der Waals surface area contributed by atoms with Crippen LogP contribution in [0.15, 0.2) is 0 Å².